The topological polar surface area (TPSA) is 20.2 Å². The molecule has 2 aliphatic rings. The SMILES string of the molecule is CC1(C)C2CC=C(CCCO)CC21. The highest BCUT2D eigenvalue weighted by molar-refractivity contribution is 5.20. The number of fused-ring (bicyclic) bond motifs is 1. The molecule has 1 heteroatoms. The average Bonchev–Trinajstić information content (AvgIpc) is 2.66. The van der Waals surface area contributed by atoms with Crippen molar-refractivity contribution in [2.75, 3.05) is 6.61 Å². The van der Waals surface area contributed by atoms with Gasteiger partial charge in [-0.3, -0.25) is 0 Å². The molecule has 1 fully saturated rings. The van der Waals surface area contributed by atoms with E-state index >= 15 is 0 Å². The molecule has 1 nitrogen and oxygen atoms in total. The Morgan fingerprint density at radius 3 is 2.85 bits per heavy atom. The summed E-state index contributed by atoms with van der Waals surface area (Å²) in [5.74, 6) is 1.91. The summed E-state index contributed by atoms with van der Waals surface area (Å²) in [6.07, 6.45) is 7.08. The van der Waals surface area contributed by atoms with Crippen LogP contribution in [0.1, 0.15) is 39.5 Å². The van der Waals surface area contributed by atoms with Crippen LogP contribution >= 0.6 is 0 Å². The van der Waals surface area contributed by atoms with E-state index in [4.69, 9.17) is 5.11 Å². The maximum Gasteiger partial charge on any atom is 0.0434 e. The lowest BCUT2D eigenvalue weighted by molar-refractivity contribution is 0.287. The van der Waals surface area contributed by atoms with E-state index in [0.717, 1.165) is 24.7 Å². The maximum atomic E-state index is 8.75. The summed E-state index contributed by atoms with van der Waals surface area (Å²) in [7, 11) is 0. The Morgan fingerprint density at radius 1 is 1.46 bits per heavy atom. The lowest BCUT2D eigenvalue weighted by atomic mass is 9.96. The Balaban J connectivity index is 1.87. The summed E-state index contributed by atoms with van der Waals surface area (Å²) in [5.41, 5.74) is 2.21. The van der Waals surface area contributed by atoms with Gasteiger partial charge in [-0.05, 0) is 42.9 Å². The number of aliphatic hydroxyl groups is 1. The molecule has 0 spiro atoms. The van der Waals surface area contributed by atoms with Crippen molar-refractivity contribution < 1.29 is 5.11 Å². The van der Waals surface area contributed by atoms with Crippen LogP contribution in [0.25, 0.3) is 0 Å². The molecule has 0 aromatic carbocycles. The molecular formula is C12H20O. The molecule has 74 valence electrons. The van der Waals surface area contributed by atoms with Gasteiger partial charge in [-0.1, -0.05) is 25.5 Å². The van der Waals surface area contributed by atoms with Gasteiger partial charge in [-0.15, -0.1) is 0 Å². The molecule has 13 heavy (non-hydrogen) atoms. The molecule has 1 N–H and O–H groups in total. The van der Waals surface area contributed by atoms with E-state index in [0.29, 0.717) is 12.0 Å². The van der Waals surface area contributed by atoms with Crippen LogP contribution in [0.2, 0.25) is 0 Å². The second kappa shape index (κ2) is 3.13. The summed E-state index contributed by atoms with van der Waals surface area (Å²) in [6.45, 7) is 5.13. The predicted molar refractivity (Wildman–Crippen MR) is 54.4 cm³/mol. The summed E-state index contributed by atoms with van der Waals surface area (Å²) >= 11 is 0. The molecule has 2 atom stereocenters. The van der Waals surface area contributed by atoms with E-state index in [-0.39, 0.29) is 0 Å². The fraction of sp³-hybridized carbons (Fsp3) is 0.833. The van der Waals surface area contributed by atoms with E-state index in [1.807, 2.05) is 0 Å². The molecule has 0 aliphatic heterocycles. The highest BCUT2D eigenvalue weighted by atomic mass is 16.2. The standard InChI is InChI=1S/C12H20O/c1-12(2)10-6-5-9(4-3-7-13)8-11(10)12/h5,10-11,13H,3-4,6-8H2,1-2H3. The van der Waals surface area contributed by atoms with Gasteiger partial charge < -0.3 is 5.11 Å². The van der Waals surface area contributed by atoms with Crippen molar-refractivity contribution in [2.45, 2.75) is 39.5 Å². The van der Waals surface area contributed by atoms with Crippen molar-refractivity contribution in [3.8, 4) is 0 Å². The highest BCUT2D eigenvalue weighted by Crippen LogP contribution is 2.64. The highest BCUT2D eigenvalue weighted by Gasteiger charge is 2.57. The van der Waals surface area contributed by atoms with Crippen molar-refractivity contribution in [3.05, 3.63) is 11.6 Å². The van der Waals surface area contributed by atoms with Crippen LogP contribution in [0.4, 0.5) is 0 Å². The first-order chi connectivity index (χ1) is 6.16. The fourth-order valence-electron chi connectivity index (χ4n) is 2.90. The normalized spacial score (nSPS) is 35.2. The lowest BCUT2D eigenvalue weighted by Crippen LogP contribution is -1.96. The molecule has 0 amide bonds. The van der Waals surface area contributed by atoms with Gasteiger partial charge in [0, 0.05) is 6.61 Å². The van der Waals surface area contributed by atoms with Crippen LogP contribution in [-0.4, -0.2) is 11.7 Å². The third kappa shape index (κ3) is 1.54. The van der Waals surface area contributed by atoms with E-state index in [9.17, 15) is 0 Å². The van der Waals surface area contributed by atoms with E-state index < -0.39 is 0 Å². The molecule has 0 aromatic heterocycles. The molecular weight excluding hydrogens is 160 g/mol. The van der Waals surface area contributed by atoms with Crippen molar-refractivity contribution in [1.29, 1.82) is 0 Å². The van der Waals surface area contributed by atoms with Crippen LogP contribution in [-0.2, 0) is 0 Å². The summed E-state index contributed by atoms with van der Waals surface area (Å²) in [6, 6.07) is 0. The van der Waals surface area contributed by atoms with Crippen molar-refractivity contribution in [3.63, 3.8) is 0 Å². The maximum absolute atomic E-state index is 8.75. The van der Waals surface area contributed by atoms with Gasteiger partial charge in [0.25, 0.3) is 0 Å². The lowest BCUT2D eigenvalue weighted by Gasteiger charge is -2.10. The van der Waals surface area contributed by atoms with Gasteiger partial charge in [-0.25, -0.2) is 0 Å². The number of hydrogen-bond donors (Lipinski definition) is 1. The predicted octanol–water partition coefficient (Wildman–Crippen LogP) is 2.75. The van der Waals surface area contributed by atoms with Gasteiger partial charge in [0.05, 0.1) is 0 Å². The van der Waals surface area contributed by atoms with Gasteiger partial charge in [0.2, 0.25) is 0 Å². The molecule has 2 rings (SSSR count). The zero-order chi connectivity index (χ0) is 9.47. The molecule has 0 radical (unpaired) electrons. The number of aliphatic hydroxyl groups excluding tert-OH is 1. The molecule has 0 heterocycles. The minimum Gasteiger partial charge on any atom is -0.396 e. The second-order valence-corrected chi connectivity index (χ2v) is 5.16. The fourth-order valence-corrected chi connectivity index (χ4v) is 2.90. The van der Waals surface area contributed by atoms with Gasteiger partial charge in [-0.2, -0.15) is 0 Å². The zero-order valence-electron chi connectivity index (χ0n) is 8.71. The minimum absolute atomic E-state index is 0.342. The number of hydrogen-bond acceptors (Lipinski definition) is 1. The molecule has 0 saturated heterocycles. The molecule has 2 unspecified atom stereocenters. The third-order valence-corrected chi connectivity index (χ3v) is 4.09. The molecule has 1 saturated carbocycles. The van der Waals surface area contributed by atoms with Crippen LogP contribution in [0.3, 0.4) is 0 Å². The zero-order valence-corrected chi connectivity index (χ0v) is 8.71. The van der Waals surface area contributed by atoms with Gasteiger partial charge in [0.1, 0.15) is 0 Å². The summed E-state index contributed by atoms with van der Waals surface area (Å²) in [4.78, 5) is 0. The van der Waals surface area contributed by atoms with Crippen molar-refractivity contribution >= 4 is 0 Å². The average molecular weight is 180 g/mol. The van der Waals surface area contributed by atoms with Crippen molar-refractivity contribution in [1.82, 2.24) is 0 Å². The Kier molecular flexibility index (Phi) is 2.23. The Hall–Kier alpha value is -0.300. The van der Waals surface area contributed by atoms with Gasteiger partial charge >= 0.3 is 0 Å². The smallest absolute Gasteiger partial charge is 0.0434 e. The van der Waals surface area contributed by atoms with Crippen LogP contribution in [0.5, 0.6) is 0 Å². The quantitative estimate of drug-likeness (QED) is 0.662. The first kappa shape index (κ1) is 9.26. The Labute approximate surface area is 80.8 Å². The summed E-state index contributed by atoms with van der Waals surface area (Å²) < 4.78 is 0. The minimum atomic E-state index is 0.342. The van der Waals surface area contributed by atoms with Crippen molar-refractivity contribution in [2.24, 2.45) is 17.3 Å². The van der Waals surface area contributed by atoms with Crippen LogP contribution in [0.15, 0.2) is 11.6 Å². The van der Waals surface area contributed by atoms with Crippen LogP contribution in [0, 0.1) is 17.3 Å². The number of rotatable bonds is 3. The number of allylic oxidation sites excluding steroid dienone is 2. The van der Waals surface area contributed by atoms with Crippen LogP contribution < -0.4 is 0 Å². The molecule has 2 aliphatic carbocycles. The van der Waals surface area contributed by atoms with E-state index in [1.165, 1.54) is 12.8 Å². The monoisotopic (exact) mass is 180 g/mol. The second-order valence-electron chi connectivity index (χ2n) is 5.16. The van der Waals surface area contributed by atoms with Gasteiger partial charge in [0.15, 0.2) is 0 Å². The van der Waals surface area contributed by atoms with E-state index in [1.54, 1.807) is 5.57 Å². The summed E-state index contributed by atoms with van der Waals surface area (Å²) in [5, 5.41) is 8.75. The molecule has 0 bridgehead atoms. The first-order valence-electron chi connectivity index (χ1n) is 5.45. The third-order valence-electron chi connectivity index (χ3n) is 4.09. The first-order valence-corrected chi connectivity index (χ1v) is 5.45. The van der Waals surface area contributed by atoms with E-state index in [2.05, 4.69) is 19.9 Å². The largest absolute Gasteiger partial charge is 0.396 e. The Bertz CT molecular complexity index is 227. The molecule has 0 aromatic rings. The Morgan fingerprint density at radius 2 is 2.23 bits per heavy atom.